The Morgan fingerprint density at radius 1 is 0.694 bits per heavy atom. The average Bonchev–Trinajstić information content (AvgIpc) is 3.17. The van der Waals surface area contributed by atoms with Gasteiger partial charge in [0.2, 0.25) is 12.4 Å². The van der Waals surface area contributed by atoms with Crippen LogP contribution in [0.3, 0.4) is 0 Å². The molecule has 36 heavy (non-hydrogen) atoms. The summed E-state index contributed by atoms with van der Waals surface area (Å²) >= 11 is 0. The molecule has 0 saturated carbocycles. The van der Waals surface area contributed by atoms with Crippen LogP contribution in [0.1, 0.15) is 105 Å². The minimum atomic E-state index is -1.36. The number of carbonyl (C=O) groups is 4. The van der Waals surface area contributed by atoms with Gasteiger partial charge in [0.1, 0.15) is 0 Å². The topological polar surface area (TPSA) is 114 Å². The zero-order valence-corrected chi connectivity index (χ0v) is 22.1. The van der Waals surface area contributed by atoms with Crippen molar-refractivity contribution in [3.8, 4) is 12.3 Å². The molecule has 1 saturated heterocycles. The van der Waals surface area contributed by atoms with Gasteiger partial charge in [-0.25, -0.2) is 0 Å². The van der Waals surface area contributed by atoms with Gasteiger partial charge in [-0.05, 0) is 25.7 Å². The molecule has 204 valence electrons. The summed E-state index contributed by atoms with van der Waals surface area (Å²) in [7, 11) is 0. The molecular formula is C27H42O9. The molecule has 5 atom stereocenters. The van der Waals surface area contributed by atoms with E-state index in [0.29, 0.717) is 25.7 Å². The molecule has 9 heteroatoms. The lowest BCUT2D eigenvalue weighted by molar-refractivity contribution is -0.201. The first kappa shape index (κ1) is 31.4. The molecule has 0 aromatic rings. The maximum atomic E-state index is 12.6. The maximum absolute atomic E-state index is 12.6. The number of carbonyl (C=O) groups excluding carboxylic acids is 4. The number of hydrogen-bond acceptors (Lipinski definition) is 9. The summed E-state index contributed by atoms with van der Waals surface area (Å²) in [6.07, 6.45) is 5.51. The summed E-state index contributed by atoms with van der Waals surface area (Å²) < 4.78 is 28.1. The molecule has 1 heterocycles. The maximum Gasteiger partial charge on any atom is 0.308 e. The third kappa shape index (κ3) is 11.0. The highest BCUT2D eigenvalue weighted by molar-refractivity contribution is 5.72. The first-order chi connectivity index (χ1) is 17.3. The number of ether oxygens (including phenoxy) is 5. The van der Waals surface area contributed by atoms with E-state index in [-0.39, 0.29) is 25.7 Å². The molecule has 3 unspecified atom stereocenters. The third-order valence-electron chi connectivity index (χ3n) is 5.65. The Morgan fingerprint density at radius 3 is 1.56 bits per heavy atom. The number of rotatable bonds is 17. The van der Waals surface area contributed by atoms with Gasteiger partial charge >= 0.3 is 23.9 Å². The van der Waals surface area contributed by atoms with Crippen LogP contribution in [0.4, 0.5) is 0 Å². The molecule has 0 N–H and O–H groups in total. The number of hydrogen-bond donors (Lipinski definition) is 0. The molecule has 0 bridgehead atoms. The molecule has 0 spiro atoms. The zero-order chi connectivity index (χ0) is 26.9. The van der Waals surface area contributed by atoms with Gasteiger partial charge in [-0.1, -0.05) is 59.3 Å². The van der Waals surface area contributed by atoms with Crippen molar-refractivity contribution in [2.45, 2.75) is 135 Å². The molecule has 1 rings (SSSR count). The summed E-state index contributed by atoms with van der Waals surface area (Å²) in [6.45, 7) is 7.74. The van der Waals surface area contributed by atoms with Crippen LogP contribution in [0.5, 0.6) is 0 Å². The summed E-state index contributed by atoms with van der Waals surface area (Å²) in [4.78, 5) is 49.8. The van der Waals surface area contributed by atoms with Gasteiger partial charge in [-0.15, -0.1) is 6.42 Å². The van der Waals surface area contributed by atoms with Gasteiger partial charge in [0.15, 0.2) is 18.3 Å². The average molecular weight is 511 g/mol. The van der Waals surface area contributed by atoms with Gasteiger partial charge < -0.3 is 23.7 Å². The monoisotopic (exact) mass is 510 g/mol. The first-order valence-electron chi connectivity index (χ1n) is 13.2. The van der Waals surface area contributed by atoms with Gasteiger partial charge in [0.25, 0.3) is 0 Å². The second kappa shape index (κ2) is 17.8. The Bertz CT molecular complexity index is 742. The van der Waals surface area contributed by atoms with E-state index in [1.807, 2.05) is 27.7 Å². The minimum absolute atomic E-state index is 0.133. The predicted molar refractivity (Wildman–Crippen MR) is 131 cm³/mol. The molecule has 1 aliphatic rings. The molecular weight excluding hydrogens is 468 g/mol. The van der Waals surface area contributed by atoms with Crippen LogP contribution in [0.2, 0.25) is 0 Å². The standard InChI is InChI=1S/C27H42O9/c1-6-11-15-20(28)32-19(10-5)24-25(33-21(29)16-12-7-2)26(34-22(30)17-13-8-3)27(36-24)35-23(31)18-14-9-4/h5,19,24-27H,6-9,11-18H2,1-4H3/t19?,24?,25-,26?,27+/m1/s1. The smallest absolute Gasteiger partial charge is 0.308 e. The third-order valence-corrected chi connectivity index (χ3v) is 5.65. The Balaban J connectivity index is 3.24. The normalized spacial score (nSPS) is 21.8. The van der Waals surface area contributed by atoms with Crippen molar-refractivity contribution in [2.75, 3.05) is 0 Å². The van der Waals surface area contributed by atoms with Crippen LogP contribution >= 0.6 is 0 Å². The summed E-state index contributed by atoms with van der Waals surface area (Å²) in [5.74, 6) is 0.201. The lowest BCUT2D eigenvalue weighted by atomic mass is 10.0. The Labute approximate surface area is 214 Å². The van der Waals surface area contributed by atoms with Gasteiger partial charge in [-0.3, -0.25) is 19.2 Å². The highest BCUT2D eigenvalue weighted by Crippen LogP contribution is 2.32. The van der Waals surface area contributed by atoms with Crippen LogP contribution in [-0.2, 0) is 42.9 Å². The lowest BCUT2D eigenvalue weighted by Crippen LogP contribution is -2.45. The predicted octanol–water partition coefficient (Wildman–Crippen LogP) is 4.38. The molecule has 9 nitrogen and oxygen atoms in total. The van der Waals surface area contributed by atoms with E-state index < -0.39 is 54.6 Å². The Hall–Kier alpha value is -2.60. The second-order valence-corrected chi connectivity index (χ2v) is 8.86. The quantitative estimate of drug-likeness (QED) is 0.160. The van der Waals surface area contributed by atoms with Crippen LogP contribution < -0.4 is 0 Å². The Morgan fingerprint density at radius 2 is 1.11 bits per heavy atom. The minimum Gasteiger partial charge on any atom is -0.455 e. The SMILES string of the molecule is C#CC(OC(=O)CCCC)C1O[C@H](OC(=O)CCCC)C(OC(=O)CCCC)[C@@H]1OC(=O)CCCC. The second-order valence-electron chi connectivity index (χ2n) is 8.86. The fourth-order valence-electron chi connectivity index (χ4n) is 3.54. The summed E-state index contributed by atoms with van der Waals surface area (Å²) in [5, 5.41) is 0. The highest BCUT2D eigenvalue weighted by Gasteiger charge is 2.55. The lowest BCUT2D eigenvalue weighted by Gasteiger charge is -2.26. The molecule has 1 fully saturated rings. The van der Waals surface area contributed by atoms with Crippen LogP contribution in [0, 0.1) is 12.3 Å². The number of esters is 4. The van der Waals surface area contributed by atoms with Crippen molar-refractivity contribution in [1.29, 1.82) is 0 Å². The van der Waals surface area contributed by atoms with E-state index in [4.69, 9.17) is 30.1 Å². The van der Waals surface area contributed by atoms with Crippen LogP contribution in [-0.4, -0.2) is 54.6 Å². The van der Waals surface area contributed by atoms with Crippen molar-refractivity contribution < 1.29 is 42.9 Å². The van der Waals surface area contributed by atoms with Crippen molar-refractivity contribution in [3.05, 3.63) is 0 Å². The largest absolute Gasteiger partial charge is 0.455 e. The van der Waals surface area contributed by atoms with Gasteiger partial charge in [0, 0.05) is 25.7 Å². The molecule has 0 aliphatic carbocycles. The van der Waals surface area contributed by atoms with Gasteiger partial charge in [-0.2, -0.15) is 0 Å². The molecule has 0 aromatic heterocycles. The summed E-state index contributed by atoms with van der Waals surface area (Å²) in [6, 6.07) is 0. The van der Waals surface area contributed by atoms with Crippen molar-refractivity contribution in [3.63, 3.8) is 0 Å². The molecule has 0 radical (unpaired) electrons. The van der Waals surface area contributed by atoms with E-state index in [1.165, 1.54) is 0 Å². The fourth-order valence-corrected chi connectivity index (χ4v) is 3.54. The van der Waals surface area contributed by atoms with Crippen LogP contribution in [0.15, 0.2) is 0 Å². The molecule has 0 aromatic carbocycles. The molecule has 1 aliphatic heterocycles. The van der Waals surface area contributed by atoms with Crippen molar-refractivity contribution in [2.24, 2.45) is 0 Å². The fraction of sp³-hybridized carbons (Fsp3) is 0.778. The van der Waals surface area contributed by atoms with E-state index in [2.05, 4.69) is 5.92 Å². The highest BCUT2D eigenvalue weighted by atomic mass is 16.8. The van der Waals surface area contributed by atoms with E-state index in [9.17, 15) is 19.2 Å². The van der Waals surface area contributed by atoms with Crippen molar-refractivity contribution >= 4 is 23.9 Å². The Kier molecular flexibility index (Phi) is 15.5. The number of terminal acetylenes is 1. The molecule has 0 amide bonds. The van der Waals surface area contributed by atoms with Crippen molar-refractivity contribution in [1.82, 2.24) is 0 Å². The first-order valence-corrected chi connectivity index (χ1v) is 13.2. The van der Waals surface area contributed by atoms with Gasteiger partial charge in [0.05, 0.1) is 0 Å². The summed E-state index contributed by atoms with van der Waals surface area (Å²) in [5.41, 5.74) is 0. The zero-order valence-electron chi connectivity index (χ0n) is 22.1. The van der Waals surface area contributed by atoms with E-state index in [0.717, 1.165) is 25.7 Å². The van der Waals surface area contributed by atoms with Crippen LogP contribution in [0.25, 0.3) is 0 Å². The number of unbranched alkanes of at least 4 members (excludes halogenated alkanes) is 4. The van der Waals surface area contributed by atoms with E-state index >= 15 is 0 Å². The van der Waals surface area contributed by atoms with E-state index in [1.54, 1.807) is 0 Å².